The summed E-state index contributed by atoms with van der Waals surface area (Å²) in [5.74, 6) is -5.71. The second-order valence-electron chi connectivity index (χ2n) is 5.93. The van der Waals surface area contributed by atoms with Crippen molar-refractivity contribution in [2.24, 2.45) is 11.7 Å². The Labute approximate surface area is 155 Å². The zero-order valence-electron chi connectivity index (χ0n) is 15.1. The average molecular weight is 390 g/mol. The molecule has 0 aromatic heterocycles. The number of carboxylic acids is 2. The predicted molar refractivity (Wildman–Crippen MR) is 91.3 cm³/mol. The van der Waals surface area contributed by atoms with Gasteiger partial charge in [-0.25, -0.2) is 0 Å². The fourth-order valence-electron chi connectivity index (χ4n) is 1.92. The molecule has 0 aromatic carbocycles. The van der Waals surface area contributed by atoms with Gasteiger partial charge in [0.05, 0.1) is 19.1 Å². The summed E-state index contributed by atoms with van der Waals surface area (Å²) in [5, 5.41) is 32.9. The molecule has 0 saturated heterocycles. The fourth-order valence-corrected chi connectivity index (χ4v) is 1.92. The lowest BCUT2D eigenvalue weighted by Gasteiger charge is -2.23. The highest BCUT2D eigenvalue weighted by molar-refractivity contribution is 5.95. The van der Waals surface area contributed by atoms with Gasteiger partial charge in [-0.2, -0.15) is 0 Å². The lowest BCUT2D eigenvalue weighted by molar-refractivity contribution is -0.142. The first-order valence-electron chi connectivity index (χ1n) is 8.21. The zero-order chi connectivity index (χ0) is 21.1. The number of nitrogens with one attached hydrogen (secondary N) is 3. The summed E-state index contributed by atoms with van der Waals surface area (Å²) in [6.45, 7) is 1.96. The van der Waals surface area contributed by atoms with E-state index >= 15 is 0 Å². The average Bonchev–Trinajstić information content (AvgIpc) is 2.61. The normalized spacial score (nSPS) is 15.0. The Morgan fingerprint density at radius 3 is 1.93 bits per heavy atom. The molecule has 0 aromatic rings. The molecule has 154 valence electrons. The van der Waals surface area contributed by atoms with Crippen LogP contribution >= 0.6 is 0 Å². The van der Waals surface area contributed by atoms with Crippen LogP contribution in [0.1, 0.15) is 26.7 Å². The molecule has 0 radical (unpaired) electrons. The van der Waals surface area contributed by atoms with Gasteiger partial charge in [-0.3, -0.25) is 24.0 Å². The maximum absolute atomic E-state index is 12.2. The Morgan fingerprint density at radius 2 is 1.48 bits per heavy atom. The Bertz CT molecular complexity index is 568. The van der Waals surface area contributed by atoms with Gasteiger partial charge in [-0.15, -0.1) is 0 Å². The molecule has 0 aliphatic rings. The van der Waals surface area contributed by atoms with Gasteiger partial charge in [0, 0.05) is 0 Å². The molecule has 0 saturated carbocycles. The van der Waals surface area contributed by atoms with Crippen LogP contribution in [0.15, 0.2) is 0 Å². The summed E-state index contributed by atoms with van der Waals surface area (Å²) in [7, 11) is 0. The lowest BCUT2D eigenvalue weighted by Crippen LogP contribution is -2.58. The van der Waals surface area contributed by atoms with Gasteiger partial charge >= 0.3 is 11.9 Å². The lowest BCUT2D eigenvalue weighted by atomic mass is 9.99. The van der Waals surface area contributed by atoms with Gasteiger partial charge < -0.3 is 37.0 Å². The van der Waals surface area contributed by atoms with Crippen molar-refractivity contribution in [1.82, 2.24) is 16.0 Å². The maximum atomic E-state index is 12.2. The minimum Gasteiger partial charge on any atom is -0.481 e. The Hall–Kier alpha value is -2.73. The number of carboxylic acid groups (broad SMARTS) is 2. The second kappa shape index (κ2) is 11.8. The Kier molecular flexibility index (Phi) is 10.6. The third kappa shape index (κ3) is 8.96. The topological polar surface area (TPSA) is 208 Å². The first-order valence-corrected chi connectivity index (χ1v) is 8.21. The monoisotopic (exact) mass is 390 g/mol. The second-order valence-corrected chi connectivity index (χ2v) is 5.93. The van der Waals surface area contributed by atoms with Gasteiger partial charge in [0.2, 0.25) is 17.7 Å². The zero-order valence-corrected chi connectivity index (χ0v) is 15.1. The molecule has 0 heterocycles. The highest BCUT2D eigenvalue weighted by Crippen LogP contribution is 2.05. The first-order chi connectivity index (χ1) is 12.5. The number of carbonyl (C=O) groups is 5. The van der Waals surface area contributed by atoms with Crippen LogP contribution in [0.5, 0.6) is 0 Å². The van der Waals surface area contributed by atoms with Gasteiger partial charge in [0.25, 0.3) is 0 Å². The van der Waals surface area contributed by atoms with Crippen molar-refractivity contribution in [1.29, 1.82) is 0 Å². The van der Waals surface area contributed by atoms with Crippen LogP contribution in [-0.4, -0.2) is 76.3 Å². The molecule has 0 aliphatic heterocycles. The highest BCUT2D eigenvalue weighted by atomic mass is 16.4. The van der Waals surface area contributed by atoms with Gasteiger partial charge in [0.15, 0.2) is 0 Å². The van der Waals surface area contributed by atoms with Crippen molar-refractivity contribution in [3.8, 4) is 0 Å². The standard InChI is InChI=1S/C15H26N4O8/c1-3-7(2)12(16)15(27)19-9(6-20)14(26)18-8(4-10(21)22)13(25)17-5-11(23)24/h7-9,12,20H,3-6,16H2,1-2H3,(H,17,25)(H,18,26)(H,19,27)(H,21,22)(H,23,24). The van der Waals surface area contributed by atoms with Crippen LogP contribution in [0.3, 0.4) is 0 Å². The molecule has 4 unspecified atom stereocenters. The smallest absolute Gasteiger partial charge is 0.322 e. The molecule has 12 heteroatoms. The van der Waals surface area contributed by atoms with Crippen molar-refractivity contribution in [3.63, 3.8) is 0 Å². The molecule has 0 rings (SSSR count). The number of hydrogen-bond acceptors (Lipinski definition) is 7. The first kappa shape index (κ1) is 24.3. The number of hydrogen-bond donors (Lipinski definition) is 7. The molecule has 8 N–H and O–H groups in total. The quantitative estimate of drug-likeness (QED) is 0.181. The van der Waals surface area contributed by atoms with Crippen LogP contribution in [0.4, 0.5) is 0 Å². The number of nitrogens with two attached hydrogens (primary N) is 1. The molecule has 12 nitrogen and oxygen atoms in total. The van der Waals surface area contributed by atoms with E-state index in [0.29, 0.717) is 6.42 Å². The molecule has 0 fully saturated rings. The maximum Gasteiger partial charge on any atom is 0.322 e. The fraction of sp³-hybridized carbons (Fsp3) is 0.667. The SMILES string of the molecule is CCC(C)C(N)C(=O)NC(CO)C(=O)NC(CC(=O)O)C(=O)NCC(=O)O. The van der Waals surface area contributed by atoms with Crippen molar-refractivity contribution >= 4 is 29.7 Å². The Balaban J connectivity index is 5.03. The van der Waals surface area contributed by atoms with E-state index in [-0.39, 0.29) is 5.92 Å². The summed E-state index contributed by atoms with van der Waals surface area (Å²) in [6.07, 6.45) is -0.218. The molecule has 3 amide bonds. The van der Waals surface area contributed by atoms with E-state index in [9.17, 15) is 29.1 Å². The van der Waals surface area contributed by atoms with E-state index in [1.165, 1.54) is 0 Å². The summed E-state index contributed by atoms with van der Waals surface area (Å²) in [4.78, 5) is 57.4. The van der Waals surface area contributed by atoms with Crippen LogP contribution in [0.25, 0.3) is 0 Å². The number of aliphatic hydroxyl groups is 1. The summed E-state index contributed by atoms with van der Waals surface area (Å²) >= 11 is 0. The van der Waals surface area contributed by atoms with E-state index in [2.05, 4.69) is 10.6 Å². The number of carbonyl (C=O) groups excluding carboxylic acids is 3. The molecule has 0 aliphatic carbocycles. The van der Waals surface area contributed by atoms with E-state index in [1.54, 1.807) is 6.92 Å². The molecule has 0 spiro atoms. The van der Waals surface area contributed by atoms with Gasteiger partial charge in [-0.05, 0) is 5.92 Å². The molecule has 0 bridgehead atoms. The largest absolute Gasteiger partial charge is 0.481 e. The van der Waals surface area contributed by atoms with Crippen molar-refractivity contribution in [2.75, 3.05) is 13.2 Å². The summed E-state index contributed by atoms with van der Waals surface area (Å²) in [5.41, 5.74) is 5.73. The van der Waals surface area contributed by atoms with Crippen molar-refractivity contribution in [2.45, 2.75) is 44.8 Å². The highest BCUT2D eigenvalue weighted by Gasteiger charge is 2.30. The molecular weight excluding hydrogens is 364 g/mol. The van der Waals surface area contributed by atoms with E-state index in [1.807, 2.05) is 12.2 Å². The van der Waals surface area contributed by atoms with Gasteiger partial charge in [0.1, 0.15) is 18.6 Å². The predicted octanol–water partition coefficient (Wildman–Crippen LogP) is -3.00. The Morgan fingerprint density at radius 1 is 0.926 bits per heavy atom. The molecular formula is C15H26N4O8. The van der Waals surface area contributed by atoms with Crippen LogP contribution in [-0.2, 0) is 24.0 Å². The third-order valence-corrected chi connectivity index (χ3v) is 3.80. The van der Waals surface area contributed by atoms with Crippen LogP contribution < -0.4 is 21.7 Å². The van der Waals surface area contributed by atoms with Crippen LogP contribution in [0, 0.1) is 5.92 Å². The van der Waals surface area contributed by atoms with E-state index < -0.39 is 67.4 Å². The third-order valence-electron chi connectivity index (χ3n) is 3.80. The van der Waals surface area contributed by atoms with Crippen molar-refractivity contribution < 1.29 is 39.3 Å². The number of rotatable bonds is 12. The number of aliphatic hydroxyl groups excluding tert-OH is 1. The van der Waals surface area contributed by atoms with Crippen molar-refractivity contribution in [3.05, 3.63) is 0 Å². The van der Waals surface area contributed by atoms with Crippen LogP contribution in [0.2, 0.25) is 0 Å². The molecule has 27 heavy (non-hydrogen) atoms. The van der Waals surface area contributed by atoms with E-state index in [0.717, 1.165) is 0 Å². The molecule has 4 atom stereocenters. The number of amides is 3. The van der Waals surface area contributed by atoms with Gasteiger partial charge in [-0.1, -0.05) is 20.3 Å². The minimum absolute atomic E-state index is 0.186. The number of aliphatic carboxylic acids is 2. The van der Waals surface area contributed by atoms with E-state index in [4.69, 9.17) is 15.9 Å². The summed E-state index contributed by atoms with van der Waals surface area (Å²) in [6, 6.07) is -3.98. The summed E-state index contributed by atoms with van der Waals surface area (Å²) < 4.78 is 0. The minimum atomic E-state index is -1.59.